The van der Waals surface area contributed by atoms with Crippen LogP contribution in [-0.2, 0) is 4.79 Å². The van der Waals surface area contributed by atoms with Crippen molar-refractivity contribution < 1.29 is 29.0 Å². The van der Waals surface area contributed by atoms with Crippen LogP contribution >= 0.6 is 0 Å². The van der Waals surface area contributed by atoms with Crippen LogP contribution < -0.4 is 10.6 Å². The van der Waals surface area contributed by atoms with Crippen LogP contribution in [-0.4, -0.2) is 47.4 Å². The third-order valence-electron chi connectivity index (χ3n) is 2.01. The van der Waals surface area contributed by atoms with E-state index >= 15 is 0 Å². The van der Waals surface area contributed by atoms with E-state index in [2.05, 4.69) is 5.32 Å². The van der Waals surface area contributed by atoms with Gasteiger partial charge in [0, 0.05) is 6.54 Å². The molecular weight excluding hydrogens is 235 g/mol. The summed E-state index contributed by atoms with van der Waals surface area (Å²) in [6.45, 7) is -1.02. The number of amides is 2. The zero-order valence-electron chi connectivity index (χ0n) is 9.11. The number of rotatable bonds is 8. The lowest BCUT2D eigenvalue weighted by atomic mass is 10.1. The molecule has 0 fully saturated rings. The summed E-state index contributed by atoms with van der Waals surface area (Å²) in [7, 11) is 0. The molecule has 0 aromatic heterocycles. The third kappa shape index (κ3) is 8.00. The Balaban J connectivity index is 3.87. The van der Waals surface area contributed by atoms with Crippen molar-refractivity contribution in [3.63, 3.8) is 0 Å². The molecule has 1 atom stereocenters. The number of carbonyl (C=O) groups excluding carboxylic acids is 1. The van der Waals surface area contributed by atoms with Crippen LogP contribution in [0.25, 0.3) is 0 Å². The van der Waals surface area contributed by atoms with Gasteiger partial charge in [0.1, 0.15) is 6.67 Å². The lowest BCUT2D eigenvalue weighted by Gasteiger charge is -2.13. The van der Waals surface area contributed by atoms with Crippen molar-refractivity contribution in [3.8, 4) is 0 Å². The van der Waals surface area contributed by atoms with E-state index in [9.17, 15) is 18.8 Å². The highest BCUT2D eigenvalue weighted by Gasteiger charge is 2.19. The molecule has 4 N–H and O–H groups in total. The smallest absolute Gasteiger partial charge is 0.405 e. The molecule has 0 spiro atoms. The number of carboxylic acid groups (broad SMARTS) is 2. The topological polar surface area (TPSA) is 116 Å². The van der Waals surface area contributed by atoms with Crippen molar-refractivity contribution in [2.24, 2.45) is 0 Å². The molecule has 17 heavy (non-hydrogen) atoms. The number of carbonyl (C=O) groups is 3. The molecular formula is C9H15FN2O5. The highest BCUT2D eigenvalue weighted by Crippen LogP contribution is 2.02. The summed E-state index contributed by atoms with van der Waals surface area (Å²) in [5, 5.41) is 20.7. The van der Waals surface area contributed by atoms with Crippen LogP contribution in [0.15, 0.2) is 0 Å². The lowest BCUT2D eigenvalue weighted by Crippen LogP contribution is -2.40. The molecule has 0 aliphatic heterocycles. The normalized spacial score (nSPS) is 11.6. The molecule has 98 valence electrons. The van der Waals surface area contributed by atoms with Crippen molar-refractivity contribution >= 4 is 18.0 Å². The Bertz CT molecular complexity index is 285. The Kier molecular flexibility index (Phi) is 7.40. The van der Waals surface area contributed by atoms with Gasteiger partial charge in [-0.15, -0.1) is 0 Å². The van der Waals surface area contributed by atoms with E-state index in [1.54, 1.807) is 0 Å². The summed E-state index contributed by atoms with van der Waals surface area (Å²) < 4.78 is 12.1. The van der Waals surface area contributed by atoms with Crippen LogP contribution in [0.2, 0.25) is 0 Å². The Hall–Kier alpha value is -1.86. The number of Topliss-reactive ketones (excluding diaryl/α,β-unsaturated/α-hetero) is 1. The van der Waals surface area contributed by atoms with Crippen molar-refractivity contribution in [1.29, 1.82) is 0 Å². The number of ketones is 1. The van der Waals surface area contributed by atoms with Crippen LogP contribution in [0.4, 0.5) is 14.0 Å². The third-order valence-corrected chi connectivity index (χ3v) is 2.01. The Labute approximate surface area is 97.0 Å². The number of nitrogens with one attached hydrogen (secondary N) is 2. The zero-order valence-corrected chi connectivity index (χ0v) is 9.11. The van der Waals surface area contributed by atoms with Gasteiger partial charge in [-0.2, -0.15) is 0 Å². The van der Waals surface area contributed by atoms with Crippen molar-refractivity contribution in [2.45, 2.75) is 25.3 Å². The predicted molar refractivity (Wildman–Crippen MR) is 55.8 cm³/mol. The highest BCUT2D eigenvalue weighted by molar-refractivity contribution is 5.87. The second-order valence-electron chi connectivity index (χ2n) is 3.33. The molecule has 0 saturated carbocycles. The molecule has 0 bridgehead atoms. The molecule has 0 saturated heterocycles. The van der Waals surface area contributed by atoms with Crippen LogP contribution in [0.1, 0.15) is 19.3 Å². The highest BCUT2D eigenvalue weighted by atomic mass is 19.1. The van der Waals surface area contributed by atoms with E-state index in [4.69, 9.17) is 10.2 Å². The van der Waals surface area contributed by atoms with Gasteiger partial charge in [0.05, 0.1) is 6.04 Å². The minimum absolute atomic E-state index is 0.149. The average Bonchev–Trinajstić information content (AvgIpc) is 2.25. The number of alkyl halides is 1. The predicted octanol–water partition coefficient (Wildman–Crippen LogP) is 0.599. The molecule has 8 heteroatoms. The average molecular weight is 250 g/mol. The largest absolute Gasteiger partial charge is 0.465 e. The second-order valence-corrected chi connectivity index (χ2v) is 3.33. The molecule has 0 aliphatic rings. The molecule has 1 unspecified atom stereocenters. The summed E-state index contributed by atoms with van der Waals surface area (Å²) in [5.74, 6) is -0.821. The van der Waals surface area contributed by atoms with E-state index in [1.807, 2.05) is 5.32 Å². The molecule has 0 aromatic carbocycles. The maximum absolute atomic E-state index is 12.1. The molecule has 0 heterocycles. The standard InChI is InChI=1S/C9H15FN2O5/c10-5-7(13)6(12-9(16)17)3-1-2-4-11-8(14)15/h6,11-12H,1-5H2,(H,14,15)(H,16,17). The van der Waals surface area contributed by atoms with E-state index in [0.29, 0.717) is 12.8 Å². The number of hydrogen-bond donors (Lipinski definition) is 4. The first kappa shape index (κ1) is 15.1. The molecule has 2 amide bonds. The Morgan fingerprint density at radius 3 is 2.24 bits per heavy atom. The minimum atomic E-state index is -1.39. The van der Waals surface area contributed by atoms with Gasteiger partial charge in [0.15, 0.2) is 5.78 Å². The number of unbranched alkanes of at least 4 members (excludes halogenated alkanes) is 1. The Morgan fingerprint density at radius 1 is 1.12 bits per heavy atom. The van der Waals surface area contributed by atoms with E-state index in [-0.39, 0.29) is 13.0 Å². The Morgan fingerprint density at radius 2 is 1.76 bits per heavy atom. The summed E-state index contributed by atoms with van der Waals surface area (Å²) in [5.41, 5.74) is 0. The van der Waals surface area contributed by atoms with E-state index in [0.717, 1.165) is 0 Å². The van der Waals surface area contributed by atoms with E-state index in [1.165, 1.54) is 0 Å². The number of hydrogen-bond acceptors (Lipinski definition) is 3. The molecule has 0 radical (unpaired) electrons. The lowest BCUT2D eigenvalue weighted by molar-refractivity contribution is -0.122. The van der Waals surface area contributed by atoms with Gasteiger partial charge >= 0.3 is 12.2 Å². The van der Waals surface area contributed by atoms with Gasteiger partial charge < -0.3 is 20.8 Å². The fourth-order valence-corrected chi connectivity index (χ4v) is 1.22. The van der Waals surface area contributed by atoms with Gasteiger partial charge in [-0.3, -0.25) is 4.79 Å². The summed E-state index contributed by atoms with van der Waals surface area (Å²) in [4.78, 5) is 31.4. The minimum Gasteiger partial charge on any atom is -0.465 e. The van der Waals surface area contributed by atoms with Crippen LogP contribution in [0.3, 0.4) is 0 Å². The maximum Gasteiger partial charge on any atom is 0.405 e. The van der Waals surface area contributed by atoms with Gasteiger partial charge in [0.25, 0.3) is 0 Å². The van der Waals surface area contributed by atoms with E-state index < -0.39 is 30.7 Å². The first-order chi connectivity index (χ1) is 7.97. The molecule has 0 rings (SSSR count). The van der Waals surface area contributed by atoms with Crippen molar-refractivity contribution in [1.82, 2.24) is 10.6 Å². The number of halogens is 1. The first-order valence-electron chi connectivity index (χ1n) is 5.02. The van der Waals surface area contributed by atoms with Gasteiger partial charge in [0.2, 0.25) is 0 Å². The second kappa shape index (κ2) is 8.31. The summed E-state index contributed by atoms with van der Waals surface area (Å²) in [6.07, 6.45) is -1.53. The van der Waals surface area contributed by atoms with Gasteiger partial charge in [-0.25, -0.2) is 14.0 Å². The van der Waals surface area contributed by atoms with Crippen LogP contribution in [0, 0.1) is 0 Å². The van der Waals surface area contributed by atoms with Crippen molar-refractivity contribution in [3.05, 3.63) is 0 Å². The quantitative estimate of drug-likeness (QED) is 0.471. The first-order valence-corrected chi connectivity index (χ1v) is 5.02. The summed E-state index contributed by atoms with van der Waals surface area (Å²) >= 11 is 0. The monoisotopic (exact) mass is 250 g/mol. The van der Waals surface area contributed by atoms with Crippen LogP contribution in [0.5, 0.6) is 0 Å². The summed E-state index contributed by atoms with van der Waals surface area (Å²) in [6, 6.07) is -1.07. The molecule has 0 aliphatic carbocycles. The fraction of sp³-hybridized carbons (Fsp3) is 0.667. The molecule has 7 nitrogen and oxygen atoms in total. The zero-order chi connectivity index (χ0) is 13.3. The van der Waals surface area contributed by atoms with Gasteiger partial charge in [-0.05, 0) is 19.3 Å². The molecule has 0 aromatic rings. The van der Waals surface area contributed by atoms with Gasteiger partial charge in [-0.1, -0.05) is 0 Å². The SMILES string of the molecule is O=C(O)NCCCCC(NC(=O)O)C(=O)CF. The van der Waals surface area contributed by atoms with Crippen molar-refractivity contribution in [2.75, 3.05) is 13.2 Å². The maximum atomic E-state index is 12.1. The fourth-order valence-electron chi connectivity index (χ4n) is 1.22.